The van der Waals surface area contributed by atoms with E-state index in [0.717, 1.165) is 36.9 Å². The maximum Gasteiger partial charge on any atom is 0.227 e. The van der Waals surface area contributed by atoms with Gasteiger partial charge < -0.3 is 11.1 Å². The summed E-state index contributed by atoms with van der Waals surface area (Å²) >= 11 is 0. The van der Waals surface area contributed by atoms with Crippen LogP contribution in [0.1, 0.15) is 36.9 Å². The topological polar surface area (TPSA) is 68.0 Å². The Hall–Kier alpha value is -0.840. The van der Waals surface area contributed by atoms with Crippen LogP contribution < -0.4 is 11.1 Å². The highest BCUT2D eigenvalue weighted by atomic mass is 35.5. The number of carbonyl (C=O) groups excluding carboxylic acids is 1. The molecule has 20 heavy (non-hydrogen) atoms. The summed E-state index contributed by atoms with van der Waals surface area (Å²) < 4.78 is 0. The van der Waals surface area contributed by atoms with Crippen LogP contribution in [0.2, 0.25) is 0 Å². The van der Waals surface area contributed by atoms with Crippen molar-refractivity contribution in [3.63, 3.8) is 0 Å². The smallest absolute Gasteiger partial charge is 0.227 e. The van der Waals surface area contributed by atoms with Crippen molar-refractivity contribution in [2.45, 2.75) is 39.2 Å². The molecular weight excluding hydrogens is 297 g/mol. The number of halogens is 2. The van der Waals surface area contributed by atoms with Crippen LogP contribution in [0.3, 0.4) is 0 Å². The fourth-order valence-corrected chi connectivity index (χ4v) is 2.63. The highest BCUT2D eigenvalue weighted by molar-refractivity contribution is 5.85. The summed E-state index contributed by atoms with van der Waals surface area (Å²) in [5.41, 5.74) is 7.49. The number of nitrogens with zero attached hydrogens (tertiary/aromatic N) is 1. The molecule has 2 rings (SSSR count). The fourth-order valence-electron chi connectivity index (χ4n) is 2.63. The number of hydrogen-bond donors (Lipinski definition) is 2. The zero-order valence-electron chi connectivity index (χ0n) is 11.7. The van der Waals surface area contributed by atoms with Crippen LogP contribution in [0.25, 0.3) is 0 Å². The SMILES string of the molecule is Cc1cccnc1CNC(=O)C1(CN)CCCC1.Cl.Cl. The summed E-state index contributed by atoms with van der Waals surface area (Å²) in [6, 6.07) is 3.90. The van der Waals surface area contributed by atoms with Gasteiger partial charge in [0.05, 0.1) is 17.7 Å². The number of amides is 1. The van der Waals surface area contributed by atoms with Gasteiger partial charge in [0.2, 0.25) is 5.91 Å². The number of aromatic nitrogens is 1. The van der Waals surface area contributed by atoms with Crippen molar-refractivity contribution in [2.24, 2.45) is 11.1 Å². The summed E-state index contributed by atoms with van der Waals surface area (Å²) in [5, 5.41) is 2.99. The Kier molecular flexibility index (Phi) is 8.09. The zero-order valence-corrected chi connectivity index (χ0v) is 13.4. The van der Waals surface area contributed by atoms with Crippen molar-refractivity contribution in [1.82, 2.24) is 10.3 Å². The number of pyridine rings is 1. The van der Waals surface area contributed by atoms with Crippen molar-refractivity contribution in [3.05, 3.63) is 29.6 Å². The van der Waals surface area contributed by atoms with Crippen LogP contribution in [0.15, 0.2) is 18.3 Å². The maximum atomic E-state index is 12.3. The van der Waals surface area contributed by atoms with Crippen LogP contribution in [-0.2, 0) is 11.3 Å². The third-order valence-corrected chi connectivity index (χ3v) is 3.97. The molecule has 4 nitrogen and oxygen atoms in total. The molecule has 0 aliphatic heterocycles. The molecule has 0 spiro atoms. The monoisotopic (exact) mass is 319 g/mol. The van der Waals surface area contributed by atoms with E-state index in [2.05, 4.69) is 10.3 Å². The Morgan fingerprint density at radius 1 is 1.40 bits per heavy atom. The van der Waals surface area contributed by atoms with Crippen LogP contribution in [0.5, 0.6) is 0 Å². The van der Waals surface area contributed by atoms with Crippen molar-refractivity contribution in [3.8, 4) is 0 Å². The number of rotatable bonds is 4. The molecule has 1 aromatic rings. The third-order valence-electron chi connectivity index (χ3n) is 3.97. The lowest BCUT2D eigenvalue weighted by atomic mass is 9.85. The van der Waals surface area contributed by atoms with E-state index >= 15 is 0 Å². The second-order valence-electron chi connectivity index (χ2n) is 5.14. The van der Waals surface area contributed by atoms with Crippen LogP contribution in [0, 0.1) is 12.3 Å². The molecule has 1 amide bonds. The standard InChI is InChI=1S/C14H21N3O.2ClH/c1-11-5-4-8-16-12(11)9-17-13(18)14(10-15)6-2-3-7-14;;/h4-5,8H,2-3,6-7,9-10,15H2,1H3,(H,17,18);2*1H. The molecule has 1 saturated carbocycles. The maximum absolute atomic E-state index is 12.3. The Morgan fingerprint density at radius 3 is 2.60 bits per heavy atom. The summed E-state index contributed by atoms with van der Waals surface area (Å²) in [6.07, 6.45) is 5.79. The molecule has 6 heteroatoms. The van der Waals surface area contributed by atoms with Gasteiger partial charge in [-0.15, -0.1) is 24.8 Å². The molecule has 3 N–H and O–H groups in total. The van der Waals surface area contributed by atoms with E-state index in [1.165, 1.54) is 0 Å². The minimum absolute atomic E-state index is 0. The Morgan fingerprint density at radius 2 is 2.05 bits per heavy atom. The van der Waals surface area contributed by atoms with Crippen LogP contribution >= 0.6 is 24.8 Å². The van der Waals surface area contributed by atoms with E-state index in [0.29, 0.717) is 13.1 Å². The quantitative estimate of drug-likeness (QED) is 0.895. The molecule has 1 aromatic heterocycles. The molecule has 0 aromatic carbocycles. The molecule has 1 aliphatic carbocycles. The van der Waals surface area contributed by atoms with E-state index in [4.69, 9.17) is 5.73 Å². The first-order chi connectivity index (χ1) is 8.68. The largest absolute Gasteiger partial charge is 0.350 e. The molecule has 1 fully saturated rings. The zero-order chi connectivity index (χ0) is 13.0. The molecule has 0 saturated heterocycles. The van der Waals surface area contributed by atoms with Gasteiger partial charge in [-0.05, 0) is 31.4 Å². The first-order valence-electron chi connectivity index (χ1n) is 6.57. The van der Waals surface area contributed by atoms with Gasteiger partial charge in [0.25, 0.3) is 0 Å². The van der Waals surface area contributed by atoms with Gasteiger partial charge in [-0.1, -0.05) is 18.9 Å². The minimum atomic E-state index is -0.331. The molecule has 114 valence electrons. The Labute approximate surface area is 132 Å². The van der Waals surface area contributed by atoms with Crippen LogP contribution in [0.4, 0.5) is 0 Å². The second-order valence-corrected chi connectivity index (χ2v) is 5.14. The molecular formula is C14H23Cl2N3O. The highest BCUT2D eigenvalue weighted by Crippen LogP contribution is 2.37. The normalized spacial score (nSPS) is 15.9. The molecule has 0 radical (unpaired) electrons. The Balaban J connectivity index is 0.00000180. The summed E-state index contributed by atoms with van der Waals surface area (Å²) in [6.45, 7) is 2.94. The number of hydrogen-bond acceptors (Lipinski definition) is 3. The van der Waals surface area contributed by atoms with Crippen molar-refractivity contribution < 1.29 is 4.79 Å². The van der Waals surface area contributed by atoms with Gasteiger partial charge in [0.15, 0.2) is 0 Å². The molecule has 0 atom stereocenters. The molecule has 1 aliphatic rings. The van der Waals surface area contributed by atoms with Crippen molar-refractivity contribution >= 4 is 30.7 Å². The first kappa shape index (κ1) is 19.2. The lowest BCUT2D eigenvalue weighted by Crippen LogP contribution is -2.44. The average molecular weight is 320 g/mol. The van der Waals surface area contributed by atoms with Crippen molar-refractivity contribution in [1.29, 1.82) is 0 Å². The van der Waals surface area contributed by atoms with E-state index < -0.39 is 0 Å². The fraction of sp³-hybridized carbons (Fsp3) is 0.571. The van der Waals surface area contributed by atoms with Gasteiger partial charge in [-0.25, -0.2) is 0 Å². The number of carbonyl (C=O) groups is 1. The predicted molar refractivity (Wildman–Crippen MR) is 85.3 cm³/mol. The second kappa shape index (κ2) is 8.45. The number of aryl methyl sites for hydroxylation is 1. The third kappa shape index (κ3) is 4.08. The lowest BCUT2D eigenvalue weighted by molar-refractivity contribution is -0.130. The van der Waals surface area contributed by atoms with Gasteiger partial charge in [0, 0.05) is 12.7 Å². The van der Waals surface area contributed by atoms with E-state index in [9.17, 15) is 4.79 Å². The van der Waals surface area contributed by atoms with Gasteiger partial charge in [-0.2, -0.15) is 0 Å². The first-order valence-corrected chi connectivity index (χ1v) is 6.57. The number of nitrogens with one attached hydrogen (secondary N) is 1. The van der Waals surface area contributed by atoms with Gasteiger partial charge in [-0.3, -0.25) is 9.78 Å². The Bertz CT molecular complexity index is 434. The number of nitrogens with two attached hydrogens (primary N) is 1. The molecule has 0 bridgehead atoms. The van der Waals surface area contributed by atoms with E-state index in [1.807, 2.05) is 19.1 Å². The van der Waals surface area contributed by atoms with Gasteiger partial charge in [0.1, 0.15) is 0 Å². The van der Waals surface area contributed by atoms with Crippen LogP contribution in [-0.4, -0.2) is 17.4 Å². The van der Waals surface area contributed by atoms with Crippen molar-refractivity contribution in [2.75, 3.05) is 6.54 Å². The predicted octanol–water partition coefficient (Wildman–Crippen LogP) is 2.37. The molecule has 0 unspecified atom stereocenters. The van der Waals surface area contributed by atoms with Gasteiger partial charge >= 0.3 is 0 Å². The molecule has 1 heterocycles. The van der Waals surface area contributed by atoms with E-state index in [1.54, 1.807) is 6.20 Å². The average Bonchev–Trinajstić information content (AvgIpc) is 2.87. The summed E-state index contributed by atoms with van der Waals surface area (Å²) in [7, 11) is 0. The summed E-state index contributed by atoms with van der Waals surface area (Å²) in [4.78, 5) is 16.5. The summed E-state index contributed by atoms with van der Waals surface area (Å²) in [5.74, 6) is 0.0903. The van der Waals surface area contributed by atoms with E-state index in [-0.39, 0.29) is 36.1 Å². The lowest BCUT2D eigenvalue weighted by Gasteiger charge is -2.25. The highest BCUT2D eigenvalue weighted by Gasteiger charge is 2.39. The minimum Gasteiger partial charge on any atom is -0.350 e.